The van der Waals surface area contributed by atoms with Gasteiger partial charge < -0.3 is 5.11 Å². The number of hydrogen-bond acceptors (Lipinski definition) is 1. The van der Waals surface area contributed by atoms with E-state index in [2.05, 4.69) is 18.2 Å². The third-order valence-electron chi connectivity index (χ3n) is 3.69. The maximum Gasteiger partial charge on any atom is 0.307 e. The van der Waals surface area contributed by atoms with E-state index in [0.29, 0.717) is 5.92 Å². The number of aliphatic carboxylic acids is 1. The molecule has 0 spiro atoms. The Kier molecular flexibility index (Phi) is 1.84. The fraction of sp³-hybridized carbons (Fsp3) is 0.462. The minimum Gasteiger partial charge on any atom is -0.481 e. The van der Waals surface area contributed by atoms with Crippen LogP contribution in [0.2, 0.25) is 0 Å². The molecule has 1 saturated carbocycles. The topological polar surface area (TPSA) is 37.3 Å². The van der Waals surface area contributed by atoms with Crippen LogP contribution in [0.15, 0.2) is 18.2 Å². The van der Waals surface area contributed by atoms with Gasteiger partial charge in [0.05, 0.1) is 5.92 Å². The highest BCUT2D eigenvalue weighted by molar-refractivity contribution is 5.75. The van der Waals surface area contributed by atoms with E-state index in [0.717, 1.165) is 12.8 Å². The molecule has 2 nitrogen and oxygen atoms in total. The normalized spacial score (nSPS) is 27.5. The van der Waals surface area contributed by atoms with Gasteiger partial charge in [-0.1, -0.05) is 18.2 Å². The maximum atomic E-state index is 10.8. The molecule has 2 atom stereocenters. The molecule has 3 rings (SSSR count). The van der Waals surface area contributed by atoms with Gasteiger partial charge in [0, 0.05) is 0 Å². The zero-order chi connectivity index (χ0) is 10.4. The molecule has 2 aliphatic rings. The van der Waals surface area contributed by atoms with E-state index >= 15 is 0 Å². The first kappa shape index (κ1) is 8.96. The van der Waals surface area contributed by atoms with E-state index in [1.165, 1.54) is 29.5 Å². The molecular weight excluding hydrogens is 188 g/mol. The quantitative estimate of drug-likeness (QED) is 0.799. The lowest BCUT2D eigenvalue weighted by atomic mass is 9.99. The lowest BCUT2D eigenvalue weighted by Crippen LogP contribution is -2.00. The summed E-state index contributed by atoms with van der Waals surface area (Å²) in [6.07, 6.45) is 4.39. The van der Waals surface area contributed by atoms with Crippen LogP contribution >= 0.6 is 0 Å². The second kappa shape index (κ2) is 3.09. The molecule has 2 aliphatic carbocycles. The zero-order valence-electron chi connectivity index (χ0n) is 8.57. The third kappa shape index (κ3) is 1.36. The van der Waals surface area contributed by atoms with Crippen molar-refractivity contribution in [2.24, 2.45) is 5.92 Å². The summed E-state index contributed by atoms with van der Waals surface area (Å²) in [5.41, 5.74) is 4.21. The van der Waals surface area contributed by atoms with Gasteiger partial charge in [0.2, 0.25) is 0 Å². The van der Waals surface area contributed by atoms with Crippen LogP contribution in [-0.4, -0.2) is 11.1 Å². The number of rotatable bonds is 2. The molecule has 0 aliphatic heterocycles. The van der Waals surface area contributed by atoms with Crippen LogP contribution in [0, 0.1) is 5.92 Å². The van der Waals surface area contributed by atoms with Crippen LogP contribution in [0.4, 0.5) is 0 Å². The molecule has 1 N–H and O–H groups in total. The molecule has 1 aromatic carbocycles. The molecule has 2 unspecified atom stereocenters. The second-order valence-electron chi connectivity index (χ2n) is 4.63. The standard InChI is InChI=1S/C13H14O2/c14-13(15)12-7-11(12)10-6-2-4-8-3-1-5-9(8)10/h2,4,6,11-12H,1,3,5,7H2,(H,14,15). The monoisotopic (exact) mass is 202 g/mol. The number of benzene rings is 1. The van der Waals surface area contributed by atoms with Gasteiger partial charge in [-0.15, -0.1) is 0 Å². The molecule has 0 bridgehead atoms. The van der Waals surface area contributed by atoms with Crippen molar-refractivity contribution < 1.29 is 9.90 Å². The Morgan fingerprint density at radius 3 is 2.93 bits per heavy atom. The van der Waals surface area contributed by atoms with Gasteiger partial charge in [-0.2, -0.15) is 0 Å². The van der Waals surface area contributed by atoms with Crippen molar-refractivity contribution in [1.82, 2.24) is 0 Å². The van der Waals surface area contributed by atoms with Gasteiger partial charge in [0.1, 0.15) is 0 Å². The number of hydrogen-bond donors (Lipinski definition) is 1. The molecule has 0 amide bonds. The zero-order valence-corrected chi connectivity index (χ0v) is 8.57. The number of carboxylic acid groups (broad SMARTS) is 1. The van der Waals surface area contributed by atoms with Crippen LogP contribution in [-0.2, 0) is 17.6 Å². The van der Waals surface area contributed by atoms with Crippen molar-refractivity contribution in [1.29, 1.82) is 0 Å². The van der Waals surface area contributed by atoms with Crippen molar-refractivity contribution in [3.63, 3.8) is 0 Å². The minimum absolute atomic E-state index is 0.114. The predicted molar refractivity (Wildman–Crippen MR) is 57.0 cm³/mol. The molecule has 0 saturated heterocycles. The number of carbonyl (C=O) groups is 1. The first-order valence-electron chi connectivity index (χ1n) is 5.61. The van der Waals surface area contributed by atoms with Crippen molar-refractivity contribution in [2.45, 2.75) is 31.6 Å². The Labute approximate surface area is 88.9 Å². The molecule has 1 fully saturated rings. The SMILES string of the molecule is O=C(O)C1CC1c1cccc2c1CCC2. The van der Waals surface area contributed by atoms with Crippen molar-refractivity contribution in [3.05, 3.63) is 34.9 Å². The number of fused-ring (bicyclic) bond motifs is 1. The molecule has 0 aromatic heterocycles. The molecular formula is C13H14O2. The van der Waals surface area contributed by atoms with Gasteiger partial charge in [-0.3, -0.25) is 4.79 Å². The van der Waals surface area contributed by atoms with E-state index in [1.807, 2.05) is 0 Å². The number of aryl methyl sites for hydroxylation is 1. The molecule has 1 aromatic rings. The van der Waals surface area contributed by atoms with Crippen LogP contribution in [0.5, 0.6) is 0 Å². The van der Waals surface area contributed by atoms with E-state index in [9.17, 15) is 4.79 Å². The molecule has 15 heavy (non-hydrogen) atoms. The largest absolute Gasteiger partial charge is 0.481 e. The van der Waals surface area contributed by atoms with Gasteiger partial charge in [-0.05, 0) is 48.3 Å². The highest BCUT2D eigenvalue weighted by Crippen LogP contribution is 2.49. The second-order valence-corrected chi connectivity index (χ2v) is 4.63. The van der Waals surface area contributed by atoms with Gasteiger partial charge >= 0.3 is 5.97 Å². The lowest BCUT2D eigenvalue weighted by molar-refractivity contribution is -0.138. The summed E-state index contributed by atoms with van der Waals surface area (Å²) in [7, 11) is 0. The predicted octanol–water partition coefficient (Wildman–Crippen LogP) is 2.36. The van der Waals surface area contributed by atoms with Gasteiger partial charge in [-0.25, -0.2) is 0 Å². The van der Waals surface area contributed by atoms with Crippen LogP contribution in [0.3, 0.4) is 0 Å². The smallest absolute Gasteiger partial charge is 0.307 e. The van der Waals surface area contributed by atoms with Crippen LogP contribution in [0.25, 0.3) is 0 Å². The van der Waals surface area contributed by atoms with Gasteiger partial charge in [0.15, 0.2) is 0 Å². The average Bonchev–Trinajstić information content (AvgIpc) is 2.87. The van der Waals surface area contributed by atoms with E-state index in [1.54, 1.807) is 0 Å². The van der Waals surface area contributed by atoms with E-state index in [4.69, 9.17) is 5.11 Å². The summed E-state index contributed by atoms with van der Waals surface area (Å²) in [6, 6.07) is 6.39. The Morgan fingerprint density at radius 1 is 1.33 bits per heavy atom. The highest BCUT2D eigenvalue weighted by Gasteiger charge is 2.45. The van der Waals surface area contributed by atoms with Gasteiger partial charge in [0.25, 0.3) is 0 Å². The third-order valence-corrected chi connectivity index (χ3v) is 3.69. The minimum atomic E-state index is -0.629. The molecule has 0 radical (unpaired) electrons. The van der Waals surface area contributed by atoms with Crippen molar-refractivity contribution >= 4 is 5.97 Å². The van der Waals surface area contributed by atoms with Crippen LogP contribution < -0.4 is 0 Å². The Morgan fingerprint density at radius 2 is 2.20 bits per heavy atom. The van der Waals surface area contributed by atoms with Crippen molar-refractivity contribution in [2.75, 3.05) is 0 Å². The van der Waals surface area contributed by atoms with E-state index in [-0.39, 0.29) is 5.92 Å². The first-order chi connectivity index (χ1) is 7.27. The lowest BCUT2D eigenvalue weighted by Gasteiger charge is -2.06. The molecule has 78 valence electrons. The summed E-state index contributed by atoms with van der Waals surface area (Å²) < 4.78 is 0. The summed E-state index contributed by atoms with van der Waals surface area (Å²) in [5, 5.41) is 8.93. The summed E-state index contributed by atoms with van der Waals surface area (Å²) in [6.45, 7) is 0. The molecule has 0 heterocycles. The Bertz CT molecular complexity index is 423. The summed E-state index contributed by atoms with van der Waals surface area (Å²) >= 11 is 0. The average molecular weight is 202 g/mol. The van der Waals surface area contributed by atoms with Crippen molar-refractivity contribution in [3.8, 4) is 0 Å². The number of carboxylic acids is 1. The highest BCUT2D eigenvalue weighted by atomic mass is 16.4. The summed E-state index contributed by atoms with van der Waals surface area (Å²) in [4.78, 5) is 10.8. The van der Waals surface area contributed by atoms with Crippen LogP contribution in [0.1, 0.15) is 35.4 Å². The van der Waals surface area contributed by atoms with E-state index < -0.39 is 5.97 Å². The molecule has 2 heteroatoms. The first-order valence-corrected chi connectivity index (χ1v) is 5.61. The maximum absolute atomic E-state index is 10.8. The fourth-order valence-electron chi connectivity index (χ4n) is 2.81. The summed E-state index contributed by atoms with van der Waals surface area (Å²) in [5.74, 6) is -0.441. The Hall–Kier alpha value is -1.31. The Balaban J connectivity index is 1.94. The fourth-order valence-corrected chi connectivity index (χ4v) is 2.81.